The van der Waals surface area contributed by atoms with Crippen LogP contribution in [0.25, 0.3) is 11.5 Å². The van der Waals surface area contributed by atoms with Crippen LogP contribution in [0.15, 0.2) is 33.9 Å². The molecule has 0 aliphatic rings. The van der Waals surface area contributed by atoms with Gasteiger partial charge in [0.2, 0.25) is 0 Å². The minimum absolute atomic E-state index is 0.397. The Morgan fingerprint density at radius 3 is 2.79 bits per heavy atom. The van der Waals surface area contributed by atoms with Gasteiger partial charge < -0.3 is 4.52 Å². The van der Waals surface area contributed by atoms with Crippen molar-refractivity contribution in [1.29, 1.82) is 5.53 Å². The third kappa shape index (κ3) is 1.39. The number of nitrogens with one attached hydrogen (secondary N) is 1. The molecule has 70 valence electrons. The predicted molar refractivity (Wildman–Crippen MR) is 49.3 cm³/mol. The molecule has 0 atom stereocenters. The Balaban J connectivity index is 2.55. The summed E-state index contributed by atoms with van der Waals surface area (Å²) in [4.78, 5) is 4.07. The molecule has 2 aromatic rings. The van der Waals surface area contributed by atoms with Gasteiger partial charge in [-0.2, -0.15) is 10.1 Å². The summed E-state index contributed by atoms with van der Waals surface area (Å²) in [5, 5.41) is 7.06. The number of hydrogen-bond acceptors (Lipinski definition) is 5. The smallest absolute Gasteiger partial charge is 0.260 e. The Morgan fingerprint density at radius 1 is 1.36 bits per heavy atom. The van der Waals surface area contributed by atoms with Gasteiger partial charge in [0.15, 0.2) is 5.82 Å². The second-order valence-electron chi connectivity index (χ2n) is 2.78. The van der Waals surface area contributed by atoms with Gasteiger partial charge in [0.1, 0.15) is 0 Å². The highest BCUT2D eigenvalue weighted by molar-refractivity contribution is 5.68. The zero-order valence-corrected chi connectivity index (χ0v) is 7.56. The molecule has 1 aromatic heterocycles. The monoisotopic (exact) mass is 188 g/mol. The largest absolute Gasteiger partial charge is 0.334 e. The molecule has 1 N–H and O–H groups in total. The van der Waals surface area contributed by atoms with Crippen molar-refractivity contribution in [2.75, 3.05) is 0 Å². The molecule has 0 unspecified atom stereocenters. The number of nitrogens with zero attached hydrogens (tertiary/aromatic N) is 3. The molecule has 0 fully saturated rings. The molecule has 5 heteroatoms. The summed E-state index contributed by atoms with van der Waals surface area (Å²) in [6.07, 6.45) is 0. The first-order valence-electron chi connectivity index (χ1n) is 4.08. The number of aryl methyl sites for hydroxylation is 1. The summed E-state index contributed by atoms with van der Waals surface area (Å²) in [5.74, 6) is 0.967. The molecule has 0 aliphatic heterocycles. The van der Waals surface area contributed by atoms with Crippen molar-refractivity contribution in [1.82, 2.24) is 10.1 Å². The first-order chi connectivity index (χ1) is 6.81. The van der Waals surface area contributed by atoms with E-state index in [1.807, 2.05) is 6.07 Å². The van der Waals surface area contributed by atoms with E-state index in [0.717, 1.165) is 0 Å². The van der Waals surface area contributed by atoms with Crippen molar-refractivity contribution in [2.45, 2.75) is 6.92 Å². The van der Waals surface area contributed by atoms with Gasteiger partial charge in [-0.15, -0.1) is 0 Å². The normalized spacial score (nSPS) is 10.1. The van der Waals surface area contributed by atoms with Crippen LogP contribution in [0.1, 0.15) is 5.82 Å². The van der Waals surface area contributed by atoms with Gasteiger partial charge in [0.25, 0.3) is 5.89 Å². The van der Waals surface area contributed by atoms with Crippen LogP contribution in [0.5, 0.6) is 0 Å². The molecule has 0 amide bonds. The minimum atomic E-state index is 0.397. The molecule has 0 bridgehead atoms. The summed E-state index contributed by atoms with van der Waals surface area (Å²) in [5.41, 5.74) is 8.18. The molecule has 0 radical (unpaired) electrons. The van der Waals surface area contributed by atoms with Crippen LogP contribution in [0, 0.1) is 12.5 Å². The van der Waals surface area contributed by atoms with E-state index < -0.39 is 0 Å². The SMILES string of the molecule is Cc1noc(-c2ccccc2N=N)n1. The lowest BCUT2D eigenvalue weighted by Crippen LogP contribution is -1.78. The van der Waals surface area contributed by atoms with Crippen LogP contribution in [0.4, 0.5) is 5.69 Å². The van der Waals surface area contributed by atoms with Gasteiger partial charge in [0.05, 0.1) is 11.3 Å². The highest BCUT2D eigenvalue weighted by Gasteiger charge is 2.09. The van der Waals surface area contributed by atoms with E-state index in [4.69, 9.17) is 10.1 Å². The van der Waals surface area contributed by atoms with Crippen molar-refractivity contribution in [2.24, 2.45) is 5.11 Å². The summed E-state index contributed by atoms with van der Waals surface area (Å²) in [7, 11) is 0. The fraction of sp³-hybridized carbons (Fsp3) is 0.111. The van der Waals surface area contributed by atoms with Gasteiger partial charge in [-0.05, 0) is 19.1 Å². The molecule has 0 saturated carbocycles. The molecule has 0 spiro atoms. The van der Waals surface area contributed by atoms with E-state index in [1.54, 1.807) is 25.1 Å². The van der Waals surface area contributed by atoms with E-state index in [0.29, 0.717) is 23.0 Å². The molecule has 14 heavy (non-hydrogen) atoms. The highest BCUT2D eigenvalue weighted by atomic mass is 16.5. The summed E-state index contributed by atoms with van der Waals surface area (Å²) in [6.45, 7) is 1.74. The van der Waals surface area contributed by atoms with Gasteiger partial charge in [-0.3, -0.25) is 0 Å². The lowest BCUT2D eigenvalue weighted by molar-refractivity contribution is 0.425. The molecule has 0 aliphatic carbocycles. The van der Waals surface area contributed by atoms with Crippen molar-refractivity contribution in [3.63, 3.8) is 0 Å². The van der Waals surface area contributed by atoms with Crippen molar-refractivity contribution < 1.29 is 4.52 Å². The van der Waals surface area contributed by atoms with Crippen molar-refractivity contribution >= 4 is 5.69 Å². The number of hydrogen-bond donors (Lipinski definition) is 1. The third-order valence-electron chi connectivity index (χ3n) is 1.78. The third-order valence-corrected chi connectivity index (χ3v) is 1.78. The second-order valence-corrected chi connectivity index (χ2v) is 2.78. The van der Waals surface area contributed by atoms with Crippen LogP contribution in [-0.4, -0.2) is 10.1 Å². The Labute approximate surface area is 80.3 Å². The average Bonchev–Trinajstić information content (AvgIpc) is 2.65. The van der Waals surface area contributed by atoms with Crippen LogP contribution in [0.3, 0.4) is 0 Å². The molecular weight excluding hydrogens is 180 g/mol. The Morgan fingerprint density at radius 2 is 2.14 bits per heavy atom. The zero-order valence-electron chi connectivity index (χ0n) is 7.56. The van der Waals surface area contributed by atoms with Crippen molar-refractivity contribution in [3.8, 4) is 11.5 Å². The first kappa shape index (κ1) is 8.55. The number of aromatic nitrogens is 2. The van der Waals surface area contributed by atoms with E-state index in [-0.39, 0.29) is 0 Å². The standard InChI is InChI=1S/C9H8N4O/c1-6-11-9(14-13-6)7-4-2-3-5-8(7)12-10/h2-5,10H,1H3. The zero-order chi connectivity index (χ0) is 9.97. The highest BCUT2D eigenvalue weighted by Crippen LogP contribution is 2.28. The second kappa shape index (κ2) is 3.37. The molecule has 1 aromatic carbocycles. The summed E-state index contributed by atoms with van der Waals surface area (Å²) < 4.78 is 4.99. The van der Waals surface area contributed by atoms with Crippen LogP contribution < -0.4 is 0 Å². The van der Waals surface area contributed by atoms with Gasteiger partial charge in [0, 0.05) is 0 Å². The Bertz CT molecular complexity index is 463. The summed E-state index contributed by atoms with van der Waals surface area (Å²) >= 11 is 0. The minimum Gasteiger partial charge on any atom is -0.334 e. The Hall–Kier alpha value is -2.04. The van der Waals surface area contributed by atoms with E-state index in [2.05, 4.69) is 15.3 Å². The molecule has 0 saturated heterocycles. The number of benzene rings is 1. The average molecular weight is 188 g/mol. The maximum Gasteiger partial charge on any atom is 0.260 e. The molecule has 5 nitrogen and oxygen atoms in total. The number of para-hydroxylation sites is 1. The maximum atomic E-state index is 6.98. The first-order valence-corrected chi connectivity index (χ1v) is 4.08. The van der Waals surface area contributed by atoms with E-state index in [9.17, 15) is 0 Å². The maximum absolute atomic E-state index is 6.98. The van der Waals surface area contributed by atoms with Gasteiger partial charge >= 0.3 is 0 Å². The number of rotatable bonds is 2. The fourth-order valence-electron chi connectivity index (χ4n) is 1.16. The summed E-state index contributed by atoms with van der Waals surface area (Å²) in [6, 6.07) is 7.16. The van der Waals surface area contributed by atoms with Crippen LogP contribution in [-0.2, 0) is 0 Å². The quantitative estimate of drug-likeness (QED) is 0.736. The van der Waals surface area contributed by atoms with Crippen molar-refractivity contribution in [3.05, 3.63) is 30.1 Å². The lowest BCUT2D eigenvalue weighted by atomic mass is 10.2. The van der Waals surface area contributed by atoms with Gasteiger partial charge in [-0.1, -0.05) is 17.3 Å². The molecule has 1 heterocycles. The van der Waals surface area contributed by atoms with E-state index >= 15 is 0 Å². The van der Waals surface area contributed by atoms with Crippen LogP contribution in [0.2, 0.25) is 0 Å². The predicted octanol–water partition coefficient (Wildman–Crippen LogP) is 2.71. The Kier molecular flexibility index (Phi) is 2.06. The molecule has 2 rings (SSSR count). The van der Waals surface area contributed by atoms with Gasteiger partial charge in [-0.25, -0.2) is 5.53 Å². The fourth-order valence-corrected chi connectivity index (χ4v) is 1.16. The van der Waals surface area contributed by atoms with E-state index in [1.165, 1.54) is 0 Å². The molecular formula is C9H8N4O. The lowest BCUT2D eigenvalue weighted by Gasteiger charge is -1.96. The van der Waals surface area contributed by atoms with Crippen LogP contribution >= 0.6 is 0 Å². The topological polar surface area (TPSA) is 75.1 Å².